The lowest BCUT2D eigenvalue weighted by molar-refractivity contribution is 0.0952. The van der Waals surface area contributed by atoms with E-state index >= 15 is 0 Å². The number of hydrogen-bond acceptors (Lipinski definition) is 5. The summed E-state index contributed by atoms with van der Waals surface area (Å²) < 4.78 is 15.9. The molecule has 1 fully saturated rings. The Kier molecular flexibility index (Phi) is 8.54. The first-order valence-corrected chi connectivity index (χ1v) is 9.50. The largest absolute Gasteiger partial charge is 0.493 e. The zero-order valence-corrected chi connectivity index (χ0v) is 16.3. The average Bonchev–Trinajstić information content (AvgIpc) is 2.69. The number of ether oxygens (including phenoxy) is 3. The van der Waals surface area contributed by atoms with E-state index in [1.54, 1.807) is 33.5 Å². The van der Waals surface area contributed by atoms with E-state index in [-0.39, 0.29) is 5.91 Å². The van der Waals surface area contributed by atoms with E-state index in [0.29, 0.717) is 29.4 Å². The second-order valence-electron chi connectivity index (χ2n) is 6.63. The van der Waals surface area contributed by atoms with Crippen LogP contribution in [0.4, 0.5) is 0 Å². The predicted molar refractivity (Wildman–Crippen MR) is 103 cm³/mol. The van der Waals surface area contributed by atoms with Crippen molar-refractivity contribution in [3.8, 4) is 17.2 Å². The normalized spacial score (nSPS) is 14.7. The summed E-state index contributed by atoms with van der Waals surface area (Å²) in [5.41, 5.74) is 0.507. The van der Waals surface area contributed by atoms with Crippen molar-refractivity contribution in [1.29, 1.82) is 0 Å². The number of likely N-dealkylation sites (tertiary alicyclic amines) is 1. The minimum atomic E-state index is -0.125. The Morgan fingerprint density at radius 2 is 1.62 bits per heavy atom. The molecular weight excluding hydrogens is 332 g/mol. The number of nitrogens with one attached hydrogen (secondary N) is 1. The van der Waals surface area contributed by atoms with Crippen molar-refractivity contribution >= 4 is 5.91 Å². The highest BCUT2D eigenvalue weighted by molar-refractivity contribution is 5.95. The monoisotopic (exact) mass is 364 g/mol. The zero-order valence-electron chi connectivity index (χ0n) is 16.3. The second-order valence-corrected chi connectivity index (χ2v) is 6.63. The lowest BCUT2D eigenvalue weighted by atomic mass is 10.1. The molecule has 0 unspecified atom stereocenters. The summed E-state index contributed by atoms with van der Waals surface area (Å²) in [6.45, 7) is 4.35. The van der Waals surface area contributed by atoms with Crippen LogP contribution in [0.1, 0.15) is 48.9 Å². The first-order chi connectivity index (χ1) is 12.7. The van der Waals surface area contributed by atoms with Crippen molar-refractivity contribution in [3.05, 3.63) is 17.7 Å². The predicted octanol–water partition coefficient (Wildman–Crippen LogP) is 3.10. The fourth-order valence-corrected chi connectivity index (χ4v) is 3.34. The number of rotatable bonds is 10. The number of nitrogens with zero attached hydrogens (tertiary/aromatic N) is 1. The van der Waals surface area contributed by atoms with Crippen LogP contribution in [0.15, 0.2) is 12.1 Å². The summed E-state index contributed by atoms with van der Waals surface area (Å²) in [4.78, 5) is 14.9. The molecule has 0 saturated carbocycles. The SMILES string of the molecule is COc1cc(C(=O)NCCCCCN2CCCCC2)cc(OC)c1OC. The highest BCUT2D eigenvalue weighted by Crippen LogP contribution is 2.38. The minimum Gasteiger partial charge on any atom is -0.493 e. The van der Waals surface area contributed by atoms with E-state index in [0.717, 1.165) is 12.8 Å². The maximum Gasteiger partial charge on any atom is 0.251 e. The van der Waals surface area contributed by atoms with Gasteiger partial charge in [0.1, 0.15) is 0 Å². The number of amides is 1. The van der Waals surface area contributed by atoms with Crippen LogP contribution >= 0.6 is 0 Å². The first kappa shape index (κ1) is 20.4. The molecule has 1 aromatic rings. The third-order valence-electron chi connectivity index (χ3n) is 4.81. The van der Waals surface area contributed by atoms with Crippen LogP contribution in [0.3, 0.4) is 0 Å². The van der Waals surface area contributed by atoms with Gasteiger partial charge in [0.15, 0.2) is 11.5 Å². The summed E-state index contributed by atoms with van der Waals surface area (Å²) in [6, 6.07) is 3.35. The van der Waals surface area contributed by atoms with Crippen LogP contribution in [0.2, 0.25) is 0 Å². The van der Waals surface area contributed by atoms with Gasteiger partial charge in [-0.15, -0.1) is 0 Å². The Hall–Kier alpha value is -1.95. The van der Waals surface area contributed by atoms with Crippen LogP contribution < -0.4 is 19.5 Å². The molecule has 0 aromatic heterocycles. The molecule has 146 valence electrons. The third kappa shape index (κ3) is 5.80. The molecule has 2 rings (SSSR count). The molecule has 6 nitrogen and oxygen atoms in total. The highest BCUT2D eigenvalue weighted by atomic mass is 16.5. The molecule has 0 atom stereocenters. The summed E-state index contributed by atoms with van der Waals surface area (Å²) in [6.07, 6.45) is 7.37. The van der Waals surface area contributed by atoms with Gasteiger partial charge in [0.05, 0.1) is 21.3 Å². The van der Waals surface area contributed by atoms with Gasteiger partial charge in [-0.1, -0.05) is 12.8 Å². The molecular formula is C20H32N2O4. The first-order valence-electron chi connectivity index (χ1n) is 9.50. The summed E-state index contributed by atoms with van der Waals surface area (Å²) >= 11 is 0. The van der Waals surface area contributed by atoms with Crippen molar-refractivity contribution in [3.63, 3.8) is 0 Å². The van der Waals surface area contributed by atoms with Crippen LogP contribution in [-0.4, -0.2) is 58.3 Å². The lowest BCUT2D eigenvalue weighted by Gasteiger charge is -2.26. The Labute approximate surface area is 156 Å². The van der Waals surface area contributed by atoms with Gasteiger partial charge in [-0.25, -0.2) is 0 Å². The molecule has 1 heterocycles. The summed E-state index contributed by atoms with van der Waals surface area (Å²) in [5.74, 6) is 1.33. The molecule has 0 spiro atoms. The second kappa shape index (κ2) is 10.9. The number of carbonyl (C=O) groups is 1. The van der Waals surface area contributed by atoms with Crippen LogP contribution in [0, 0.1) is 0 Å². The summed E-state index contributed by atoms with van der Waals surface area (Å²) in [5, 5.41) is 2.97. The van der Waals surface area contributed by atoms with Gasteiger partial charge in [0.2, 0.25) is 5.75 Å². The van der Waals surface area contributed by atoms with Gasteiger partial charge in [-0.05, 0) is 57.5 Å². The minimum absolute atomic E-state index is 0.125. The number of piperidine rings is 1. The quantitative estimate of drug-likeness (QED) is 0.647. The van der Waals surface area contributed by atoms with Gasteiger partial charge in [0.25, 0.3) is 5.91 Å². The topological polar surface area (TPSA) is 60.0 Å². The van der Waals surface area contributed by atoms with Crippen molar-refractivity contribution < 1.29 is 19.0 Å². The Morgan fingerprint density at radius 1 is 0.962 bits per heavy atom. The average molecular weight is 364 g/mol. The number of methoxy groups -OCH3 is 3. The number of benzene rings is 1. The van der Waals surface area contributed by atoms with Gasteiger partial charge >= 0.3 is 0 Å². The third-order valence-corrected chi connectivity index (χ3v) is 4.81. The van der Waals surface area contributed by atoms with Crippen LogP contribution in [-0.2, 0) is 0 Å². The standard InChI is InChI=1S/C20H32N2O4/c1-24-17-14-16(15-18(25-2)19(17)26-3)20(23)21-10-6-4-7-11-22-12-8-5-9-13-22/h14-15H,4-13H2,1-3H3,(H,21,23). The van der Waals surface area contributed by atoms with Gasteiger partial charge in [0, 0.05) is 12.1 Å². The molecule has 1 aromatic carbocycles. The molecule has 1 N–H and O–H groups in total. The van der Waals surface area contributed by atoms with E-state index in [2.05, 4.69) is 10.2 Å². The fraction of sp³-hybridized carbons (Fsp3) is 0.650. The lowest BCUT2D eigenvalue weighted by Crippen LogP contribution is -2.30. The van der Waals surface area contributed by atoms with Crippen molar-refractivity contribution in [2.75, 3.05) is 47.5 Å². The molecule has 6 heteroatoms. The number of hydrogen-bond donors (Lipinski definition) is 1. The van der Waals surface area contributed by atoms with Crippen molar-refractivity contribution in [1.82, 2.24) is 10.2 Å². The maximum absolute atomic E-state index is 12.4. The van der Waals surface area contributed by atoms with E-state index < -0.39 is 0 Å². The number of carbonyl (C=O) groups excluding carboxylic acids is 1. The van der Waals surface area contributed by atoms with Gasteiger partial charge in [-0.3, -0.25) is 4.79 Å². The molecule has 1 aliphatic heterocycles. The van der Waals surface area contributed by atoms with E-state index in [1.165, 1.54) is 45.3 Å². The molecule has 1 aliphatic rings. The molecule has 1 saturated heterocycles. The highest BCUT2D eigenvalue weighted by Gasteiger charge is 2.16. The molecule has 26 heavy (non-hydrogen) atoms. The summed E-state index contributed by atoms with van der Waals surface area (Å²) in [7, 11) is 4.63. The van der Waals surface area contributed by atoms with E-state index in [1.807, 2.05) is 0 Å². The maximum atomic E-state index is 12.4. The molecule has 0 bridgehead atoms. The van der Waals surface area contributed by atoms with Gasteiger partial charge in [-0.2, -0.15) is 0 Å². The molecule has 0 aliphatic carbocycles. The van der Waals surface area contributed by atoms with E-state index in [9.17, 15) is 4.79 Å². The van der Waals surface area contributed by atoms with Crippen molar-refractivity contribution in [2.45, 2.75) is 38.5 Å². The van der Waals surface area contributed by atoms with Crippen LogP contribution in [0.25, 0.3) is 0 Å². The van der Waals surface area contributed by atoms with Crippen molar-refractivity contribution in [2.24, 2.45) is 0 Å². The molecule has 1 amide bonds. The fourth-order valence-electron chi connectivity index (χ4n) is 3.34. The van der Waals surface area contributed by atoms with Crippen LogP contribution in [0.5, 0.6) is 17.2 Å². The number of unbranched alkanes of at least 4 members (excludes halogenated alkanes) is 2. The Morgan fingerprint density at radius 3 is 2.19 bits per heavy atom. The Balaban J connectivity index is 1.75. The smallest absolute Gasteiger partial charge is 0.251 e. The zero-order chi connectivity index (χ0) is 18.8. The molecule has 0 radical (unpaired) electrons. The Bertz CT molecular complexity index is 546. The van der Waals surface area contributed by atoms with E-state index in [4.69, 9.17) is 14.2 Å². The van der Waals surface area contributed by atoms with Gasteiger partial charge < -0.3 is 24.4 Å².